The van der Waals surface area contributed by atoms with Gasteiger partial charge in [0.1, 0.15) is 0 Å². The summed E-state index contributed by atoms with van der Waals surface area (Å²) >= 11 is 0. The van der Waals surface area contributed by atoms with Gasteiger partial charge in [-0.25, -0.2) is 0 Å². The van der Waals surface area contributed by atoms with Crippen molar-refractivity contribution in [3.05, 3.63) is 35.8 Å². The van der Waals surface area contributed by atoms with Crippen LogP contribution < -0.4 is 4.90 Å². The molecule has 1 fully saturated rings. The van der Waals surface area contributed by atoms with Crippen LogP contribution in [-0.2, 0) is 6.54 Å². The maximum absolute atomic E-state index is 12.7. The second kappa shape index (κ2) is 6.36. The fourth-order valence-electron chi connectivity index (χ4n) is 2.90. The van der Waals surface area contributed by atoms with E-state index in [-0.39, 0.29) is 11.9 Å². The Kier molecular flexibility index (Phi) is 4.27. The van der Waals surface area contributed by atoms with E-state index in [9.17, 15) is 4.79 Å². The summed E-state index contributed by atoms with van der Waals surface area (Å²) in [5, 5.41) is 12.5. The van der Waals surface area contributed by atoms with E-state index in [0.717, 1.165) is 37.3 Å². The molecule has 0 aliphatic carbocycles. The Labute approximate surface area is 135 Å². The number of anilines is 1. The molecule has 3 rings (SSSR count). The Balaban J connectivity index is 1.72. The van der Waals surface area contributed by atoms with Gasteiger partial charge in [-0.15, -0.1) is 10.2 Å². The van der Waals surface area contributed by atoms with Crippen LogP contribution in [0.2, 0.25) is 0 Å². The highest BCUT2D eigenvalue weighted by Crippen LogP contribution is 2.21. The summed E-state index contributed by atoms with van der Waals surface area (Å²) in [5.74, 6) is 0.695. The minimum Gasteiger partial charge on any atom is -0.361 e. The predicted molar refractivity (Wildman–Crippen MR) is 87.4 cm³/mol. The third-order valence-corrected chi connectivity index (χ3v) is 4.13. The van der Waals surface area contributed by atoms with Gasteiger partial charge in [0.25, 0.3) is 5.91 Å². The van der Waals surface area contributed by atoms with Gasteiger partial charge in [-0.1, -0.05) is 0 Å². The van der Waals surface area contributed by atoms with Gasteiger partial charge in [0.15, 0.2) is 11.5 Å². The van der Waals surface area contributed by atoms with Crippen molar-refractivity contribution < 1.29 is 4.79 Å². The zero-order chi connectivity index (χ0) is 16.4. The quantitative estimate of drug-likeness (QED) is 0.852. The van der Waals surface area contributed by atoms with E-state index in [2.05, 4.69) is 15.3 Å². The molecule has 0 unspecified atom stereocenters. The number of aromatic nitrogens is 4. The van der Waals surface area contributed by atoms with Crippen LogP contribution in [0.5, 0.6) is 0 Å². The smallest absolute Gasteiger partial charge is 0.274 e. The molecule has 0 N–H and O–H groups in total. The number of likely N-dealkylation sites (tertiary alicyclic amines) is 1. The summed E-state index contributed by atoms with van der Waals surface area (Å²) in [6.45, 7) is 3.51. The standard InChI is InChI=1S/C16H22N6O/c1-12-9-17-21(10-12)11-13-5-4-8-22(13)16(23)14-6-7-15(19-18-14)20(2)3/h6-7,9-10,13H,4-5,8,11H2,1-3H3/t13-/m1/s1. The number of amides is 1. The summed E-state index contributed by atoms with van der Waals surface area (Å²) in [4.78, 5) is 16.5. The molecule has 23 heavy (non-hydrogen) atoms. The van der Waals surface area contributed by atoms with E-state index in [0.29, 0.717) is 5.69 Å². The van der Waals surface area contributed by atoms with E-state index in [1.54, 1.807) is 6.07 Å². The summed E-state index contributed by atoms with van der Waals surface area (Å²) in [5.41, 5.74) is 1.53. The minimum absolute atomic E-state index is 0.0471. The van der Waals surface area contributed by atoms with Gasteiger partial charge in [-0.05, 0) is 37.5 Å². The molecule has 1 aliphatic rings. The molecule has 1 amide bonds. The molecule has 122 valence electrons. The lowest BCUT2D eigenvalue weighted by Crippen LogP contribution is -2.38. The molecule has 1 aliphatic heterocycles. The van der Waals surface area contributed by atoms with Crippen molar-refractivity contribution in [1.29, 1.82) is 0 Å². The molecule has 1 atom stereocenters. The van der Waals surface area contributed by atoms with Crippen molar-refractivity contribution in [3.8, 4) is 0 Å². The molecule has 1 saturated heterocycles. The Hall–Kier alpha value is -2.44. The molecular formula is C16H22N6O. The van der Waals surface area contributed by atoms with Gasteiger partial charge >= 0.3 is 0 Å². The van der Waals surface area contributed by atoms with Crippen molar-refractivity contribution in [1.82, 2.24) is 24.9 Å². The summed E-state index contributed by atoms with van der Waals surface area (Å²) < 4.78 is 1.91. The Bertz CT molecular complexity index is 678. The predicted octanol–water partition coefficient (Wildman–Crippen LogP) is 1.35. The molecule has 0 bridgehead atoms. The summed E-state index contributed by atoms with van der Waals surface area (Å²) in [6.07, 6.45) is 5.85. The first kappa shape index (κ1) is 15.5. The molecule has 2 aromatic heterocycles. The Morgan fingerprint density at radius 1 is 1.35 bits per heavy atom. The fraction of sp³-hybridized carbons (Fsp3) is 0.500. The molecule has 3 heterocycles. The van der Waals surface area contributed by atoms with Crippen molar-refractivity contribution in [2.24, 2.45) is 0 Å². The zero-order valence-corrected chi connectivity index (χ0v) is 13.8. The van der Waals surface area contributed by atoms with Crippen LogP contribution >= 0.6 is 0 Å². The number of hydrogen-bond donors (Lipinski definition) is 0. The highest BCUT2D eigenvalue weighted by molar-refractivity contribution is 5.92. The number of carbonyl (C=O) groups is 1. The molecule has 0 aromatic carbocycles. The SMILES string of the molecule is Cc1cnn(C[C@H]2CCCN2C(=O)c2ccc(N(C)C)nn2)c1. The van der Waals surface area contributed by atoms with E-state index < -0.39 is 0 Å². The topological polar surface area (TPSA) is 67.2 Å². The zero-order valence-electron chi connectivity index (χ0n) is 13.8. The largest absolute Gasteiger partial charge is 0.361 e. The summed E-state index contributed by atoms with van der Waals surface area (Å²) in [7, 11) is 3.79. The molecular weight excluding hydrogens is 292 g/mol. The lowest BCUT2D eigenvalue weighted by atomic mass is 10.2. The summed E-state index contributed by atoms with van der Waals surface area (Å²) in [6, 6.07) is 3.73. The van der Waals surface area contributed by atoms with Gasteiger partial charge in [-0.2, -0.15) is 5.10 Å². The first-order valence-electron chi connectivity index (χ1n) is 7.85. The third-order valence-electron chi connectivity index (χ3n) is 4.13. The van der Waals surface area contributed by atoms with E-state index >= 15 is 0 Å². The average molecular weight is 314 g/mol. The first-order chi connectivity index (χ1) is 11.0. The molecule has 7 heteroatoms. The Morgan fingerprint density at radius 3 is 2.78 bits per heavy atom. The first-order valence-corrected chi connectivity index (χ1v) is 7.85. The van der Waals surface area contributed by atoms with Crippen LogP contribution in [0.3, 0.4) is 0 Å². The van der Waals surface area contributed by atoms with Crippen molar-refractivity contribution in [3.63, 3.8) is 0 Å². The van der Waals surface area contributed by atoms with E-state index in [1.165, 1.54) is 0 Å². The maximum Gasteiger partial charge on any atom is 0.274 e. The second-order valence-electron chi connectivity index (χ2n) is 6.21. The molecule has 0 spiro atoms. The monoisotopic (exact) mass is 314 g/mol. The highest BCUT2D eigenvalue weighted by Gasteiger charge is 2.30. The highest BCUT2D eigenvalue weighted by atomic mass is 16.2. The lowest BCUT2D eigenvalue weighted by molar-refractivity contribution is 0.0714. The van der Waals surface area contributed by atoms with Crippen LogP contribution in [-0.4, -0.2) is 57.5 Å². The van der Waals surface area contributed by atoms with Gasteiger partial charge in [0, 0.05) is 26.8 Å². The number of rotatable bonds is 4. The van der Waals surface area contributed by atoms with Gasteiger partial charge in [0.05, 0.1) is 18.8 Å². The van der Waals surface area contributed by atoms with Crippen LogP contribution in [0.15, 0.2) is 24.5 Å². The maximum atomic E-state index is 12.7. The van der Waals surface area contributed by atoms with Gasteiger partial charge in [-0.3, -0.25) is 9.48 Å². The third kappa shape index (κ3) is 3.33. The van der Waals surface area contributed by atoms with Crippen molar-refractivity contribution >= 4 is 11.7 Å². The minimum atomic E-state index is -0.0471. The second-order valence-corrected chi connectivity index (χ2v) is 6.21. The van der Waals surface area contributed by atoms with Crippen molar-refractivity contribution in [2.45, 2.75) is 32.4 Å². The molecule has 0 radical (unpaired) electrons. The normalized spacial score (nSPS) is 17.5. The number of aryl methyl sites for hydroxylation is 1. The molecule has 2 aromatic rings. The van der Waals surface area contributed by atoms with E-state index in [4.69, 9.17) is 0 Å². The average Bonchev–Trinajstić information content (AvgIpc) is 3.16. The fourth-order valence-corrected chi connectivity index (χ4v) is 2.90. The van der Waals surface area contributed by atoms with Gasteiger partial charge < -0.3 is 9.80 Å². The van der Waals surface area contributed by atoms with Crippen LogP contribution in [0.1, 0.15) is 28.9 Å². The van der Waals surface area contributed by atoms with Gasteiger partial charge in [0.2, 0.25) is 0 Å². The number of carbonyl (C=O) groups excluding carboxylic acids is 1. The lowest BCUT2D eigenvalue weighted by Gasteiger charge is -2.24. The van der Waals surface area contributed by atoms with Crippen molar-refractivity contribution in [2.75, 3.05) is 25.5 Å². The molecule has 0 saturated carbocycles. The van der Waals surface area contributed by atoms with Crippen LogP contribution in [0.25, 0.3) is 0 Å². The number of nitrogens with zero attached hydrogens (tertiary/aromatic N) is 6. The van der Waals surface area contributed by atoms with E-state index in [1.807, 2.05) is 54.0 Å². The van der Waals surface area contributed by atoms with Crippen LogP contribution in [0, 0.1) is 6.92 Å². The Morgan fingerprint density at radius 2 is 2.17 bits per heavy atom. The number of hydrogen-bond acceptors (Lipinski definition) is 5. The molecule has 7 nitrogen and oxygen atoms in total. The van der Waals surface area contributed by atoms with Crippen LogP contribution in [0.4, 0.5) is 5.82 Å².